The SMILES string of the molecule is O=C(c1ccc(Br)cc1)c1ccc(C(=O)c2ccc(Br)cc2)[se]1. The molecule has 0 aliphatic heterocycles. The molecule has 0 atom stereocenters. The van der Waals surface area contributed by atoms with Crippen molar-refractivity contribution in [3.05, 3.63) is 89.6 Å². The predicted molar refractivity (Wildman–Crippen MR) is 98.5 cm³/mol. The minimum atomic E-state index is -0.256. The molecule has 1 heterocycles. The van der Waals surface area contributed by atoms with Gasteiger partial charge in [0.25, 0.3) is 0 Å². The van der Waals surface area contributed by atoms with E-state index < -0.39 is 0 Å². The summed E-state index contributed by atoms with van der Waals surface area (Å²) in [5, 5.41) is 0. The van der Waals surface area contributed by atoms with Crippen molar-refractivity contribution in [1.29, 1.82) is 0 Å². The zero-order valence-electron chi connectivity index (χ0n) is 11.8. The molecule has 0 saturated heterocycles. The van der Waals surface area contributed by atoms with Gasteiger partial charge in [0.1, 0.15) is 0 Å². The van der Waals surface area contributed by atoms with E-state index in [0.29, 0.717) is 20.0 Å². The number of hydrogen-bond acceptors (Lipinski definition) is 2. The summed E-state index contributed by atoms with van der Waals surface area (Å²) in [6.07, 6.45) is 0. The molecule has 0 spiro atoms. The molecule has 0 aliphatic carbocycles. The van der Waals surface area contributed by atoms with E-state index in [2.05, 4.69) is 31.9 Å². The third kappa shape index (κ3) is 3.81. The first kappa shape index (κ1) is 16.6. The number of rotatable bonds is 4. The summed E-state index contributed by atoms with van der Waals surface area (Å²) in [6, 6.07) is 18.1. The zero-order valence-corrected chi connectivity index (χ0v) is 16.6. The van der Waals surface area contributed by atoms with E-state index in [1.165, 1.54) is 0 Å². The molecule has 2 aromatic carbocycles. The summed E-state index contributed by atoms with van der Waals surface area (Å²) in [7, 11) is 0. The van der Waals surface area contributed by atoms with Gasteiger partial charge >= 0.3 is 157 Å². The molecule has 2 nitrogen and oxygen atoms in total. The van der Waals surface area contributed by atoms with Crippen LogP contribution in [0.1, 0.15) is 29.6 Å². The van der Waals surface area contributed by atoms with Crippen LogP contribution in [-0.2, 0) is 0 Å². The summed E-state index contributed by atoms with van der Waals surface area (Å²) in [5.41, 5.74) is 1.29. The fourth-order valence-corrected chi connectivity index (χ4v) is 4.55. The first-order valence-electron chi connectivity index (χ1n) is 6.75. The van der Waals surface area contributed by atoms with Gasteiger partial charge in [0, 0.05) is 0 Å². The Kier molecular flexibility index (Phi) is 5.12. The van der Waals surface area contributed by atoms with Crippen LogP contribution in [0.15, 0.2) is 69.6 Å². The molecule has 1 aromatic heterocycles. The van der Waals surface area contributed by atoms with Crippen LogP contribution in [0.25, 0.3) is 0 Å². The van der Waals surface area contributed by atoms with E-state index in [9.17, 15) is 9.59 Å². The summed E-state index contributed by atoms with van der Waals surface area (Å²) < 4.78 is 3.29. The summed E-state index contributed by atoms with van der Waals surface area (Å²) >= 11 is 6.46. The molecule has 0 saturated carbocycles. The van der Waals surface area contributed by atoms with Crippen molar-refractivity contribution in [2.24, 2.45) is 0 Å². The quantitative estimate of drug-likeness (QED) is 0.386. The second-order valence-corrected chi connectivity index (χ2v) is 8.94. The molecule has 23 heavy (non-hydrogen) atoms. The van der Waals surface area contributed by atoms with E-state index in [0.717, 1.165) is 8.95 Å². The normalized spacial score (nSPS) is 10.5. The standard InChI is InChI=1S/C18H10Br2O2Se/c19-13-5-1-11(2-6-13)17(21)15-9-10-16(23-15)18(22)12-3-7-14(20)8-4-12/h1-10H. The average Bonchev–Trinajstić information content (AvgIpc) is 3.05. The molecule has 114 valence electrons. The number of hydrogen-bond donors (Lipinski definition) is 0. The second kappa shape index (κ2) is 7.10. The predicted octanol–water partition coefficient (Wildman–Crippen LogP) is 4.73. The van der Waals surface area contributed by atoms with Gasteiger partial charge in [0.05, 0.1) is 0 Å². The Bertz CT molecular complexity index is 793. The first-order valence-corrected chi connectivity index (χ1v) is 10.0. The summed E-state index contributed by atoms with van der Waals surface area (Å²) in [4.78, 5) is 25.0. The molecular weight excluding hydrogens is 487 g/mol. The molecule has 0 N–H and O–H groups in total. The average molecular weight is 497 g/mol. The van der Waals surface area contributed by atoms with Crippen molar-refractivity contribution in [2.45, 2.75) is 0 Å². The van der Waals surface area contributed by atoms with Gasteiger partial charge in [0.2, 0.25) is 0 Å². The van der Waals surface area contributed by atoms with Gasteiger partial charge in [-0.15, -0.1) is 0 Å². The van der Waals surface area contributed by atoms with Crippen molar-refractivity contribution < 1.29 is 9.59 Å². The number of ketones is 2. The Balaban J connectivity index is 1.85. The van der Waals surface area contributed by atoms with Crippen molar-refractivity contribution in [2.75, 3.05) is 0 Å². The molecule has 3 aromatic rings. The Hall–Kier alpha value is -1.26. The molecule has 0 amide bonds. The Morgan fingerprint density at radius 2 is 0.957 bits per heavy atom. The monoisotopic (exact) mass is 496 g/mol. The van der Waals surface area contributed by atoms with Crippen LogP contribution in [0, 0.1) is 0 Å². The van der Waals surface area contributed by atoms with Crippen molar-refractivity contribution in [3.63, 3.8) is 0 Å². The van der Waals surface area contributed by atoms with Crippen molar-refractivity contribution in [3.8, 4) is 0 Å². The van der Waals surface area contributed by atoms with Crippen LogP contribution >= 0.6 is 31.9 Å². The topological polar surface area (TPSA) is 34.1 Å². The van der Waals surface area contributed by atoms with E-state index in [1.807, 2.05) is 24.3 Å². The minimum absolute atomic E-state index is 0.00708. The molecular formula is C18H10Br2O2Se. The number of carbonyl (C=O) groups excluding carboxylic acids is 2. The third-order valence-corrected chi connectivity index (χ3v) is 6.60. The fourth-order valence-electron chi connectivity index (χ4n) is 2.07. The number of halogens is 2. The number of benzene rings is 2. The van der Waals surface area contributed by atoms with Crippen LogP contribution in [0.4, 0.5) is 0 Å². The van der Waals surface area contributed by atoms with E-state index in [-0.39, 0.29) is 26.1 Å². The molecule has 0 fully saturated rings. The Morgan fingerprint density at radius 1 is 0.609 bits per heavy atom. The summed E-state index contributed by atoms with van der Waals surface area (Å²) in [5.74, 6) is -0.0142. The van der Waals surface area contributed by atoms with Crippen LogP contribution in [0.2, 0.25) is 0 Å². The second-order valence-electron chi connectivity index (χ2n) is 4.84. The van der Waals surface area contributed by atoms with E-state index in [4.69, 9.17) is 0 Å². The Labute approximate surface area is 156 Å². The molecule has 0 bridgehead atoms. The molecule has 3 rings (SSSR count). The van der Waals surface area contributed by atoms with E-state index >= 15 is 0 Å². The van der Waals surface area contributed by atoms with Gasteiger partial charge in [-0.1, -0.05) is 0 Å². The van der Waals surface area contributed by atoms with E-state index in [1.54, 1.807) is 36.4 Å². The molecule has 0 unspecified atom stereocenters. The van der Waals surface area contributed by atoms with Crippen molar-refractivity contribution in [1.82, 2.24) is 0 Å². The van der Waals surface area contributed by atoms with Gasteiger partial charge in [-0.25, -0.2) is 0 Å². The van der Waals surface area contributed by atoms with Gasteiger partial charge < -0.3 is 0 Å². The molecule has 0 aliphatic rings. The van der Waals surface area contributed by atoms with Crippen molar-refractivity contribution >= 4 is 57.9 Å². The number of carbonyl (C=O) groups is 2. The maximum absolute atomic E-state index is 12.5. The van der Waals surface area contributed by atoms with Crippen LogP contribution in [0.5, 0.6) is 0 Å². The fraction of sp³-hybridized carbons (Fsp3) is 0. The van der Waals surface area contributed by atoms with Gasteiger partial charge in [-0.2, -0.15) is 0 Å². The first-order chi connectivity index (χ1) is 11.0. The van der Waals surface area contributed by atoms with Crippen LogP contribution in [0.3, 0.4) is 0 Å². The Morgan fingerprint density at radius 3 is 1.30 bits per heavy atom. The van der Waals surface area contributed by atoms with Crippen LogP contribution in [-0.4, -0.2) is 26.1 Å². The molecule has 5 heteroatoms. The third-order valence-electron chi connectivity index (χ3n) is 3.27. The molecule has 0 radical (unpaired) electrons. The van der Waals surface area contributed by atoms with Crippen LogP contribution < -0.4 is 0 Å². The maximum atomic E-state index is 12.5. The summed E-state index contributed by atoms with van der Waals surface area (Å²) in [6.45, 7) is 0. The van der Waals surface area contributed by atoms with Gasteiger partial charge in [0.15, 0.2) is 0 Å². The zero-order chi connectivity index (χ0) is 16.4. The van der Waals surface area contributed by atoms with Gasteiger partial charge in [-0.05, 0) is 0 Å². The van der Waals surface area contributed by atoms with Gasteiger partial charge in [-0.3, -0.25) is 0 Å².